The van der Waals surface area contributed by atoms with Crippen molar-refractivity contribution in [3.8, 4) is 33.3 Å². The topological polar surface area (TPSA) is 51.2 Å². The van der Waals surface area contributed by atoms with Gasteiger partial charge in [-0.1, -0.05) is 72.8 Å². The molecule has 4 aromatic carbocycles. The molecule has 0 spiro atoms. The molecule has 0 saturated carbocycles. The predicted octanol–water partition coefficient (Wildman–Crippen LogP) is 7.20. The summed E-state index contributed by atoms with van der Waals surface area (Å²) < 4.78 is 5.84. The Morgan fingerprint density at radius 1 is 0.765 bits per heavy atom. The summed E-state index contributed by atoms with van der Waals surface area (Å²) in [5, 5.41) is 6.03. The van der Waals surface area contributed by atoms with Crippen LogP contribution in [0.1, 0.15) is 15.9 Å². The summed E-state index contributed by atoms with van der Waals surface area (Å²) in [6, 6.07) is 35.0. The van der Waals surface area contributed by atoms with Crippen LogP contribution in [0.15, 0.2) is 115 Å². The third kappa shape index (κ3) is 5.22. The molecule has 0 atom stereocenters. The van der Waals surface area contributed by atoms with E-state index < -0.39 is 0 Å². The maximum atomic E-state index is 12.8. The normalized spacial score (nSPS) is 10.6. The lowest BCUT2D eigenvalue weighted by atomic mass is 10.1. The maximum absolute atomic E-state index is 12.8. The number of para-hydroxylation sites is 1. The zero-order valence-electron chi connectivity index (χ0n) is 18.3. The lowest BCUT2D eigenvalue weighted by Gasteiger charge is -2.09. The van der Waals surface area contributed by atoms with Crippen molar-refractivity contribution in [1.82, 2.24) is 10.3 Å². The van der Waals surface area contributed by atoms with Gasteiger partial charge in [-0.25, -0.2) is 4.98 Å². The van der Waals surface area contributed by atoms with E-state index in [9.17, 15) is 4.79 Å². The molecular formula is C29H22N2O2S. The molecule has 0 bridgehead atoms. The van der Waals surface area contributed by atoms with Gasteiger partial charge in [0.1, 0.15) is 16.5 Å². The van der Waals surface area contributed by atoms with Crippen molar-refractivity contribution in [2.24, 2.45) is 0 Å². The van der Waals surface area contributed by atoms with Gasteiger partial charge in [0.2, 0.25) is 0 Å². The highest BCUT2D eigenvalue weighted by molar-refractivity contribution is 7.13. The van der Waals surface area contributed by atoms with Crippen molar-refractivity contribution in [2.45, 2.75) is 6.54 Å². The standard InChI is InChI=1S/C29H22N2O2S/c32-28(23-12-8-16-26(18-23)33-25-14-5-2-6-15-25)30-19-21-9-7-13-24(17-21)29-31-27(20-34-29)22-10-3-1-4-11-22/h1-18,20H,19H2,(H,30,32). The van der Waals surface area contributed by atoms with Crippen molar-refractivity contribution in [2.75, 3.05) is 0 Å². The van der Waals surface area contributed by atoms with Crippen LogP contribution in [0.2, 0.25) is 0 Å². The molecule has 4 nitrogen and oxygen atoms in total. The van der Waals surface area contributed by atoms with Gasteiger partial charge in [-0.3, -0.25) is 4.79 Å². The van der Waals surface area contributed by atoms with E-state index in [2.05, 4.69) is 28.9 Å². The summed E-state index contributed by atoms with van der Waals surface area (Å²) >= 11 is 1.62. The quantitative estimate of drug-likeness (QED) is 0.278. The molecule has 0 aliphatic carbocycles. The monoisotopic (exact) mass is 462 g/mol. The Morgan fingerprint density at radius 2 is 1.47 bits per heavy atom. The molecule has 34 heavy (non-hydrogen) atoms. The number of nitrogens with zero attached hydrogens (tertiary/aromatic N) is 1. The van der Waals surface area contributed by atoms with E-state index in [4.69, 9.17) is 9.72 Å². The van der Waals surface area contributed by atoms with Crippen molar-refractivity contribution in [3.63, 3.8) is 0 Å². The first-order valence-corrected chi connectivity index (χ1v) is 11.8. The van der Waals surface area contributed by atoms with Crippen LogP contribution >= 0.6 is 11.3 Å². The first-order valence-electron chi connectivity index (χ1n) is 11.0. The van der Waals surface area contributed by atoms with Gasteiger partial charge in [-0.05, 0) is 42.0 Å². The van der Waals surface area contributed by atoms with Crippen LogP contribution in [-0.4, -0.2) is 10.9 Å². The van der Waals surface area contributed by atoms with Gasteiger partial charge in [-0.2, -0.15) is 0 Å². The van der Waals surface area contributed by atoms with E-state index in [0.29, 0.717) is 17.9 Å². The van der Waals surface area contributed by atoms with Gasteiger partial charge < -0.3 is 10.1 Å². The molecule has 0 aliphatic rings. The van der Waals surface area contributed by atoms with E-state index in [-0.39, 0.29) is 5.91 Å². The summed E-state index contributed by atoms with van der Waals surface area (Å²) in [6.45, 7) is 0.424. The molecular weight excluding hydrogens is 440 g/mol. The number of hydrogen-bond acceptors (Lipinski definition) is 4. The second-order valence-electron chi connectivity index (χ2n) is 7.73. The third-order valence-electron chi connectivity index (χ3n) is 5.28. The number of rotatable bonds is 7. The van der Waals surface area contributed by atoms with E-state index in [1.54, 1.807) is 23.5 Å². The van der Waals surface area contributed by atoms with Crippen molar-refractivity contribution in [3.05, 3.63) is 126 Å². The van der Waals surface area contributed by atoms with Crippen molar-refractivity contribution >= 4 is 17.2 Å². The molecule has 5 aromatic rings. The predicted molar refractivity (Wildman–Crippen MR) is 137 cm³/mol. The zero-order chi connectivity index (χ0) is 23.2. The Labute approximate surface area is 202 Å². The fourth-order valence-electron chi connectivity index (χ4n) is 3.57. The molecule has 0 radical (unpaired) electrons. The van der Waals surface area contributed by atoms with Gasteiger partial charge in [0.25, 0.3) is 5.91 Å². The van der Waals surface area contributed by atoms with E-state index in [1.807, 2.05) is 78.9 Å². The van der Waals surface area contributed by atoms with Gasteiger partial charge in [-0.15, -0.1) is 11.3 Å². The molecule has 166 valence electrons. The number of carbonyl (C=O) groups excluding carboxylic acids is 1. The first kappa shape index (κ1) is 21.6. The van der Waals surface area contributed by atoms with Gasteiger partial charge in [0, 0.05) is 28.6 Å². The molecule has 1 aromatic heterocycles. The Bertz CT molecular complexity index is 1400. The molecule has 0 saturated heterocycles. The molecule has 5 rings (SSSR count). The number of thiazole rings is 1. The number of carbonyl (C=O) groups is 1. The minimum Gasteiger partial charge on any atom is -0.457 e. The number of amides is 1. The summed E-state index contributed by atoms with van der Waals surface area (Å²) in [4.78, 5) is 17.6. The Balaban J connectivity index is 1.25. The minimum absolute atomic E-state index is 0.149. The number of ether oxygens (including phenoxy) is 1. The first-order chi connectivity index (χ1) is 16.7. The van der Waals surface area contributed by atoms with E-state index in [0.717, 1.165) is 33.1 Å². The Kier molecular flexibility index (Phi) is 6.45. The largest absolute Gasteiger partial charge is 0.457 e. The summed E-state index contributed by atoms with van der Waals surface area (Å²) in [5.41, 5.74) is 4.68. The minimum atomic E-state index is -0.149. The van der Waals surface area contributed by atoms with Crippen LogP contribution < -0.4 is 10.1 Å². The van der Waals surface area contributed by atoms with Crippen LogP contribution in [0.4, 0.5) is 0 Å². The van der Waals surface area contributed by atoms with E-state index >= 15 is 0 Å². The van der Waals surface area contributed by atoms with Crippen LogP contribution in [0, 0.1) is 0 Å². The lowest BCUT2D eigenvalue weighted by Crippen LogP contribution is -2.22. The molecule has 5 heteroatoms. The van der Waals surface area contributed by atoms with E-state index in [1.165, 1.54) is 0 Å². The maximum Gasteiger partial charge on any atom is 0.251 e. The summed E-state index contributed by atoms with van der Waals surface area (Å²) in [7, 11) is 0. The second-order valence-corrected chi connectivity index (χ2v) is 8.59. The Hall–Kier alpha value is -4.22. The van der Waals surface area contributed by atoms with Crippen molar-refractivity contribution in [1.29, 1.82) is 0 Å². The molecule has 1 amide bonds. The molecule has 1 heterocycles. The number of hydrogen-bond donors (Lipinski definition) is 1. The number of nitrogens with one attached hydrogen (secondary N) is 1. The average molecular weight is 463 g/mol. The van der Waals surface area contributed by atoms with Gasteiger partial charge >= 0.3 is 0 Å². The van der Waals surface area contributed by atoms with Crippen LogP contribution in [-0.2, 0) is 6.54 Å². The highest BCUT2D eigenvalue weighted by atomic mass is 32.1. The molecule has 1 N–H and O–H groups in total. The van der Waals surface area contributed by atoms with Gasteiger partial charge in [0.15, 0.2) is 0 Å². The molecule has 0 fully saturated rings. The SMILES string of the molecule is O=C(NCc1cccc(-c2nc(-c3ccccc3)cs2)c1)c1cccc(Oc2ccccc2)c1. The number of benzene rings is 4. The molecule has 0 aliphatic heterocycles. The highest BCUT2D eigenvalue weighted by Gasteiger charge is 2.10. The third-order valence-corrected chi connectivity index (χ3v) is 6.17. The zero-order valence-corrected chi connectivity index (χ0v) is 19.2. The van der Waals surface area contributed by atoms with Crippen LogP contribution in [0.5, 0.6) is 11.5 Å². The number of aromatic nitrogens is 1. The van der Waals surface area contributed by atoms with Crippen LogP contribution in [0.25, 0.3) is 21.8 Å². The van der Waals surface area contributed by atoms with Gasteiger partial charge in [0.05, 0.1) is 5.69 Å². The molecule has 0 unspecified atom stereocenters. The fraction of sp³-hybridized carbons (Fsp3) is 0.0345. The summed E-state index contributed by atoms with van der Waals surface area (Å²) in [6.07, 6.45) is 0. The lowest BCUT2D eigenvalue weighted by molar-refractivity contribution is 0.0950. The second kappa shape index (κ2) is 10.1. The van der Waals surface area contributed by atoms with Crippen molar-refractivity contribution < 1.29 is 9.53 Å². The fourth-order valence-corrected chi connectivity index (χ4v) is 4.40. The Morgan fingerprint density at radius 3 is 2.29 bits per heavy atom. The van der Waals surface area contributed by atoms with Crippen LogP contribution in [0.3, 0.4) is 0 Å². The highest BCUT2D eigenvalue weighted by Crippen LogP contribution is 2.29. The average Bonchev–Trinajstić information content (AvgIpc) is 3.39. The summed E-state index contributed by atoms with van der Waals surface area (Å²) in [5.74, 6) is 1.21. The smallest absolute Gasteiger partial charge is 0.251 e.